The number of primary amides is 1. The van der Waals surface area contributed by atoms with E-state index >= 15 is 0 Å². The number of hydrogen-bond acceptors (Lipinski definition) is 1. The number of carbonyl (C=O) groups is 1. The Labute approximate surface area is 67.3 Å². The highest BCUT2D eigenvalue weighted by molar-refractivity contribution is 5.72. The molecule has 0 heterocycles. The molecule has 0 bridgehead atoms. The minimum Gasteiger partial charge on any atom is -0.352 e. The Kier molecular flexibility index (Phi) is 2.37. The smallest absolute Gasteiger partial charge is 0.312 e. The van der Waals surface area contributed by atoms with Gasteiger partial charge in [0.05, 0.1) is 0 Å². The molecule has 0 aromatic carbocycles. The van der Waals surface area contributed by atoms with Gasteiger partial charge >= 0.3 is 6.03 Å². The van der Waals surface area contributed by atoms with Crippen molar-refractivity contribution in [2.75, 3.05) is 0 Å². The van der Waals surface area contributed by atoms with Gasteiger partial charge in [-0.25, -0.2) is 4.79 Å². The van der Waals surface area contributed by atoms with Crippen LogP contribution in [-0.4, -0.2) is 11.6 Å². The molecule has 0 spiro atoms. The largest absolute Gasteiger partial charge is 0.352 e. The topological polar surface area (TPSA) is 55.1 Å². The molecular formula is C8H16N2O. The summed E-state index contributed by atoms with van der Waals surface area (Å²) in [6.07, 6.45) is 5.61. The molecule has 1 aliphatic carbocycles. The summed E-state index contributed by atoms with van der Waals surface area (Å²) in [6, 6.07) is -0.381. The number of nitrogens with one attached hydrogen (secondary N) is 1. The lowest BCUT2D eigenvalue weighted by Gasteiger charge is -2.27. The van der Waals surface area contributed by atoms with E-state index in [1.807, 2.05) is 0 Å². The highest BCUT2D eigenvalue weighted by Crippen LogP contribution is 2.31. The molecular weight excluding hydrogens is 140 g/mol. The van der Waals surface area contributed by atoms with E-state index in [-0.39, 0.29) is 11.6 Å². The van der Waals surface area contributed by atoms with Gasteiger partial charge in [0.15, 0.2) is 0 Å². The van der Waals surface area contributed by atoms with Crippen LogP contribution in [0.25, 0.3) is 0 Å². The summed E-state index contributed by atoms with van der Waals surface area (Å²) in [7, 11) is 0. The van der Waals surface area contributed by atoms with Crippen LogP contribution in [0.5, 0.6) is 0 Å². The third-order valence-electron chi connectivity index (χ3n) is 2.63. The maximum absolute atomic E-state index is 10.6. The predicted molar refractivity (Wildman–Crippen MR) is 44.2 cm³/mol. The van der Waals surface area contributed by atoms with Crippen LogP contribution in [0.2, 0.25) is 0 Å². The Bertz CT molecular complexity index is 150. The van der Waals surface area contributed by atoms with Crippen LogP contribution in [0.15, 0.2) is 0 Å². The van der Waals surface area contributed by atoms with Crippen molar-refractivity contribution in [3.05, 3.63) is 0 Å². The number of nitrogens with two attached hydrogens (primary N) is 1. The van der Waals surface area contributed by atoms with Gasteiger partial charge in [0.1, 0.15) is 0 Å². The number of hydrogen-bond donors (Lipinski definition) is 2. The molecule has 0 aliphatic heterocycles. The first kappa shape index (κ1) is 8.37. The molecule has 1 fully saturated rings. The van der Waals surface area contributed by atoms with Crippen molar-refractivity contribution in [3.63, 3.8) is 0 Å². The van der Waals surface area contributed by atoms with Crippen LogP contribution in [0.4, 0.5) is 4.79 Å². The van der Waals surface area contributed by atoms with E-state index < -0.39 is 0 Å². The first-order valence-electron chi connectivity index (χ1n) is 4.26. The Morgan fingerprint density at radius 2 is 2.09 bits per heavy atom. The number of rotatable bonds is 2. The molecule has 0 aromatic rings. The maximum atomic E-state index is 10.6. The summed E-state index contributed by atoms with van der Waals surface area (Å²) in [5.41, 5.74) is 5.12. The van der Waals surface area contributed by atoms with E-state index in [1.165, 1.54) is 12.8 Å². The van der Waals surface area contributed by atoms with Crippen molar-refractivity contribution in [2.24, 2.45) is 5.73 Å². The molecule has 0 unspecified atom stereocenters. The lowest BCUT2D eigenvalue weighted by atomic mass is 9.95. The van der Waals surface area contributed by atoms with Crippen LogP contribution >= 0.6 is 0 Å². The molecule has 0 saturated heterocycles. The molecule has 11 heavy (non-hydrogen) atoms. The second kappa shape index (κ2) is 3.11. The summed E-state index contributed by atoms with van der Waals surface area (Å²) in [6.45, 7) is 2.10. The van der Waals surface area contributed by atoms with E-state index in [0.29, 0.717) is 0 Å². The second-order valence-corrected chi connectivity index (χ2v) is 3.33. The van der Waals surface area contributed by atoms with Gasteiger partial charge in [0.2, 0.25) is 0 Å². The van der Waals surface area contributed by atoms with Gasteiger partial charge in [0.25, 0.3) is 0 Å². The van der Waals surface area contributed by atoms with Gasteiger partial charge in [-0.15, -0.1) is 0 Å². The van der Waals surface area contributed by atoms with Crippen LogP contribution in [0.3, 0.4) is 0 Å². The van der Waals surface area contributed by atoms with Crippen LogP contribution in [0, 0.1) is 0 Å². The molecule has 0 atom stereocenters. The molecule has 0 aromatic heterocycles. The summed E-state index contributed by atoms with van der Waals surface area (Å²) in [4.78, 5) is 10.6. The molecule has 1 saturated carbocycles. The number of carbonyl (C=O) groups excluding carboxylic acids is 1. The number of amides is 2. The highest BCUT2D eigenvalue weighted by atomic mass is 16.2. The fraction of sp³-hybridized carbons (Fsp3) is 0.875. The van der Waals surface area contributed by atoms with Gasteiger partial charge in [-0.2, -0.15) is 0 Å². The lowest BCUT2D eigenvalue weighted by Crippen LogP contribution is -2.48. The van der Waals surface area contributed by atoms with Crippen molar-refractivity contribution in [1.29, 1.82) is 0 Å². The zero-order valence-corrected chi connectivity index (χ0v) is 7.02. The van der Waals surface area contributed by atoms with Gasteiger partial charge in [-0.05, 0) is 19.3 Å². The van der Waals surface area contributed by atoms with E-state index in [1.54, 1.807) is 0 Å². The summed E-state index contributed by atoms with van der Waals surface area (Å²) in [5, 5.41) is 2.84. The Hall–Kier alpha value is -0.730. The molecule has 2 amide bonds. The molecule has 3 nitrogen and oxygen atoms in total. The Morgan fingerprint density at radius 3 is 2.45 bits per heavy atom. The summed E-state index contributed by atoms with van der Waals surface area (Å²) >= 11 is 0. The molecule has 1 rings (SSSR count). The van der Waals surface area contributed by atoms with Crippen LogP contribution < -0.4 is 11.1 Å². The van der Waals surface area contributed by atoms with Gasteiger partial charge in [0, 0.05) is 5.54 Å². The fourth-order valence-electron chi connectivity index (χ4n) is 1.88. The van der Waals surface area contributed by atoms with Crippen molar-refractivity contribution < 1.29 is 4.79 Å². The summed E-state index contributed by atoms with van der Waals surface area (Å²) < 4.78 is 0. The van der Waals surface area contributed by atoms with Crippen LogP contribution in [-0.2, 0) is 0 Å². The van der Waals surface area contributed by atoms with Gasteiger partial charge in [-0.3, -0.25) is 0 Å². The first-order chi connectivity index (χ1) is 5.18. The summed E-state index contributed by atoms with van der Waals surface area (Å²) in [5.74, 6) is 0. The first-order valence-corrected chi connectivity index (χ1v) is 4.26. The molecule has 3 N–H and O–H groups in total. The van der Waals surface area contributed by atoms with E-state index in [2.05, 4.69) is 12.2 Å². The minimum absolute atomic E-state index is 0.0336. The normalized spacial score (nSPS) is 21.5. The SMILES string of the molecule is CCC1(NC(N)=O)CCCC1. The molecule has 64 valence electrons. The lowest BCUT2D eigenvalue weighted by molar-refractivity contribution is 0.231. The van der Waals surface area contributed by atoms with E-state index in [0.717, 1.165) is 19.3 Å². The monoisotopic (exact) mass is 156 g/mol. The van der Waals surface area contributed by atoms with Crippen molar-refractivity contribution >= 4 is 6.03 Å². The second-order valence-electron chi connectivity index (χ2n) is 3.33. The van der Waals surface area contributed by atoms with Crippen molar-refractivity contribution in [3.8, 4) is 0 Å². The predicted octanol–water partition coefficient (Wildman–Crippen LogP) is 1.38. The Morgan fingerprint density at radius 1 is 1.55 bits per heavy atom. The zero-order chi connectivity index (χ0) is 8.32. The molecule has 0 radical (unpaired) electrons. The maximum Gasteiger partial charge on any atom is 0.312 e. The number of urea groups is 1. The minimum atomic E-state index is -0.381. The van der Waals surface area contributed by atoms with Crippen LogP contribution in [0.1, 0.15) is 39.0 Å². The van der Waals surface area contributed by atoms with E-state index in [4.69, 9.17) is 5.73 Å². The van der Waals surface area contributed by atoms with E-state index in [9.17, 15) is 4.79 Å². The Balaban J connectivity index is 2.52. The average molecular weight is 156 g/mol. The van der Waals surface area contributed by atoms with Gasteiger partial charge < -0.3 is 11.1 Å². The van der Waals surface area contributed by atoms with Gasteiger partial charge in [-0.1, -0.05) is 19.8 Å². The van der Waals surface area contributed by atoms with Crippen molar-refractivity contribution in [2.45, 2.75) is 44.6 Å². The third kappa shape index (κ3) is 1.85. The quantitative estimate of drug-likeness (QED) is 0.623. The van der Waals surface area contributed by atoms with Crippen molar-refractivity contribution in [1.82, 2.24) is 5.32 Å². The highest BCUT2D eigenvalue weighted by Gasteiger charge is 2.32. The standard InChI is InChI=1S/C8H16N2O/c1-2-8(10-7(9)11)5-3-4-6-8/h2-6H2,1H3,(H3,9,10,11). The fourth-order valence-corrected chi connectivity index (χ4v) is 1.88. The average Bonchev–Trinajstić information content (AvgIpc) is 2.36. The molecule has 3 heteroatoms. The third-order valence-corrected chi connectivity index (χ3v) is 2.63. The zero-order valence-electron chi connectivity index (χ0n) is 7.02. The molecule has 1 aliphatic rings.